The first-order valence-electron chi connectivity index (χ1n) is 11.3. The molecule has 0 bridgehead atoms. The Morgan fingerprint density at radius 3 is 2.71 bits per heavy atom. The van der Waals surface area contributed by atoms with Gasteiger partial charge in [0.15, 0.2) is 0 Å². The maximum Gasteiger partial charge on any atom is 0.387 e. The summed E-state index contributed by atoms with van der Waals surface area (Å²) >= 11 is 3.45. The summed E-state index contributed by atoms with van der Waals surface area (Å²) in [7, 11) is 0. The first-order chi connectivity index (χ1) is 16.4. The minimum atomic E-state index is -3.01. The van der Waals surface area contributed by atoms with Crippen LogP contribution in [0, 0.1) is 0 Å². The van der Waals surface area contributed by atoms with Gasteiger partial charge in [-0.15, -0.1) is 0 Å². The van der Waals surface area contributed by atoms with Crippen LogP contribution in [0.2, 0.25) is 0 Å². The molecular formula is C25H24BrF2N3O3. The number of anilines is 1. The monoisotopic (exact) mass is 531 g/mol. The number of nitrogens with one attached hydrogen (secondary N) is 1. The van der Waals surface area contributed by atoms with E-state index in [-0.39, 0.29) is 11.9 Å². The van der Waals surface area contributed by atoms with E-state index in [0.29, 0.717) is 27.3 Å². The predicted octanol–water partition coefficient (Wildman–Crippen LogP) is 6.57. The van der Waals surface area contributed by atoms with E-state index in [1.807, 2.05) is 28.8 Å². The SMILES string of the molecule is CC1=C(C(=O)OC2CCCCC2)C(c2cc(Br)ccc2OC(F)F)n2c(nc3ccccc32)N1. The molecule has 1 aliphatic heterocycles. The molecule has 1 aliphatic carbocycles. The van der Waals surface area contributed by atoms with Crippen LogP contribution in [-0.4, -0.2) is 28.2 Å². The number of aromatic nitrogens is 2. The Morgan fingerprint density at radius 2 is 1.94 bits per heavy atom. The molecule has 0 radical (unpaired) electrons. The smallest absolute Gasteiger partial charge is 0.387 e. The molecule has 1 N–H and O–H groups in total. The van der Waals surface area contributed by atoms with E-state index in [0.717, 1.165) is 43.1 Å². The largest absolute Gasteiger partial charge is 0.459 e. The second kappa shape index (κ2) is 9.37. The molecular weight excluding hydrogens is 508 g/mol. The standard InChI is InChI=1S/C25H24BrF2N3O3/c1-14-21(23(32)33-16-7-3-2-4-8-16)22(17-13-15(26)11-12-20(17)34-24(27)28)31-19-10-6-5-9-18(19)30-25(31)29-14/h5-6,9-13,16,22,24H,2-4,7-8H2,1H3,(H,29,30). The van der Waals surface area contributed by atoms with Crippen LogP contribution in [0.5, 0.6) is 5.75 Å². The Kier molecular flexibility index (Phi) is 6.29. The van der Waals surface area contributed by atoms with Crippen LogP contribution in [0.25, 0.3) is 11.0 Å². The lowest BCUT2D eigenvalue weighted by molar-refractivity contribution is -0.146. The molecule has 6 nitrogen and oxygen atoms in total. The average molecular weight is 532 g/mol. The normalized spacial score (nSPS) is 18.7. The topological polar surface area (TPSA) is 65.4 Å². The molecule has 2 heterocycles. The summed E-state index contributed by atoms with van der Waals surface area (Å²) in [5.41, 5.74) is 2.80. The highest BCUT2D eigenvalue weighted by molar-refractivity contribution is 9.10. The van der Waals surface area contributed by atoms with E-state index in [4.69, 9.17) is 9.47 Å². The summed E-state index contributed by atoms with van der Waals surface area (Å²) < 4.78 is 40.0. The Morgan fingerprint density at radius 1 is 1.18 bits per heavy atom. The summed E-state index contributed by atoms with van der Waals surface area (Å²) in [4.78, 5) is 18.3. The van der Waals surface area contributed by atoms with Crippen molar-refractivity contribution < 1.29 is 23.0 Å². The van der Waals surface area contributed by atoms with E-state index in [1.165, 1.54) is 6.07 Å². The second-order valence-electron chi connectivity index (χ2n) is 8.59. The molecule has 34 heavy (non-hydrogen) atoms. The number of halogens is 3. The highest BCUT2D eigenvalue weighted by Crippen LogP contribution is 2.44. The number of benzene rings is 2. The fourth-order valence-corrected chi connectivity index (χ4v) is 5.24. The number of fused-ring (bicyclic) bond motifs is 3. The number of para-hydroxylation sites is 2. The van der Waals surface area contributed by atoms with Gasteiger partial charge in [-0.25, -0.2) is 9.78 Å². The van der Waals surface area contributed by atoms with Crippen molar-refractivity contribution in [1.82, 2.24) is 9.55 Å². The number of nitrogens with zero attached hydrogens (tertiary/aromatic N) is 2. The molecule has 0 spiro atoms. The zero-order valence-corrected chi connectivity index (χ0v) is 20.1. The Balaban J connectivity index is 1.68. The van der Waals surface area contributed by atoms with Crippen molar-refractivity contribution in [2.45, 2.75) is 57.8 Å². The van der Waals surface area contributed by atoms with Crippen LogP contribution in [0.4, 0.5) is 14.7 Å². The highest BCUT2D eigenvalue weighted by atomic mass is 79.9. The zero-order valence-electron chi connectivity index (χ0n) is 18.6. The van der Waals surface area contributed by atoms with Crippen molar-refractivity contribution in [3.8, 4) is 5.75 Å². The fourth-order valence-electron chi connectivity index (χ4n) is 4.86. The number of rotatable bonds is 5. The fraction of sp³-hybridized carbons (Fsp3) is 0.360. The summed E-state index contributed by atoms with van der Waals surface area (Å²) in [5.74, 6) is 0.0405. The lowest BCUT2D eigenvalue weighted by Crippen LogP contribution is -2.31. The van der Waals surface area contributed by atoms with Crippen LogP contribution in [-0.2, 0) is 9.53 Å². The Hall–Kier alpha value is -2.94. The number of esters is 1. The van der Waals surface area contributed by atoms with Crippen molar-refractivity contribution in [3.05, 3.63) is 63.8 Å². The van der Waals surface area contributed by atoms with Gasteiger partial charge in [0.25, 0.3) is 0 Å². The molecule has 9 heteroatoms. The third-order valence-electron chi connectivity index (χ3n) is 6.36. The average Bonchev–Trinajstić information content (AvgIpc) is 3.17. The minimum absolute atomic E-state index is 0.00963. The van der Waals surface area contributed by atoms with E-state index < -0.39 is 18.6 Å². The van der Waals surface area contributed by atoms with Gasteiger partial charge in [-0.1, -0.05) is 34.5 Å². The minimum Gasteiger partial charge on any atom is -0.459 e. The number of hydrogen-bond acceptors (Lipinski definition) is 5. The number of carbonyl (C=O) groups is 1. The quantitative estimate of drug-likeness (QED) is 0.377. The van der Waals surface area contributed by atoms with Crippen molar-refractivity contribution in [2.75, 3.05) is 5.32 Å². The maximum atomic E-state index is 13.6. The molecule has 1 saturated carbocycles. The van der Waals surface area contributed by atoms with Gasteiger partial charge in [0.2, 0.25) is 5.95 Å². The van der Waals surface area contributed by atoms with Crippen LogP contribution in [0.1, 0.15) is 50.6 Å². The van der Waals surface area contributed by atoms with E-state index in [1.54, 1.807) is 19.1 Å². The molecule has 1 atom stereocenters. The lowest BCUT2D eigenvalue weighted by Gasteiger charge is -2.32. The van der Waals surface area contributed by atoms with Crippen LogP contribution in [0.15, 0.2) is 58.2 Å². The van der Waals surface area contributed by atoms with E-state index in [9.17, 15) is 13.6 Å². The predicted molar refractivity (Wildman–Crippen MR) is 128 cm³/mol. The summed E-state index contributed by atoms with van der Waals surface area (Å²) in [6.07, 6.45) is 4.68. The molecule has 1 aromatic heterocycles. The summed E-state index contributed by atoms with van der Waals surface area (Å²) in [6.45, 7) is -1.23. The van der Waals surface area contributed by atoms with Crippen LogP contribution >= 0.6 is 15.9 Å². The molecule has 0 amide bonds. The molecule has 1 unspecified atom stereocenters. The van der Waals surface area contributed by atoms with Gasteiger partial charge >= 0.3 is 12.6 Å². The molecule has 1 fully saturated rings. The van der Waals surface area contributed by atoms with Crippen molar-refractivity contribution in [1.29, 1.82) is 0 Å². The van der Waals surface area contributed by atoms with Gasteiger partial charge in [-0.3, -0.25) is 4.57 Å². The highest BCUT2D eigenvalue weighted by Gasteiger charge is 2.38. The Labute approximate surface area is 204 Å². The van der Waals surface area contributed by atoms with Crippen molar-refractivity contribution in [3.63, 3.8) is 0 Å². The van der Waals surface area contributed by atoms with Gasteiger partial charge in [-0.05, 0) is 62.9 Å². The Bertz CT molecular complexity index is 1270. The van der Waals surface area contributed by atoms with Crippen LogP contribution in [0.3, 0.4) is 0 Å². The van der Waals surface area contributed by atoms with Crippen LogP contribution < -0.4 is 10.1 Å². The lowest BCUT2D eigenvalue weighted by atomic mass is 9.93. The van der Waals surface area contributed by atoms with Gasteiger partial charge < -0.3 is 14.8 Å². The number of alkyl halides is 2. The second-order valence-corrected chi connectivity index (χ2v) is 9.50. The first-order valence-corrected chi connectivity index (χ1v) is 12.1. The summed E-state index contributed by atoms with van der Waals surface area (Å²) in [5, 5.41) is 3.22. The molecule has 3 aromatic rings. The zero-order chi connectivity index (χ0) is 23.8. The number of imidazole rings is 1. The molecule has 2 aliphatic rings. The van der Waals surface area contributed by atoms with Gasteiger partial charge in [0, 0.05) is 15.7 Å². The molecule has 2 aromatic carbocycles. The van der Waals surface area contributed by atoms with E-state index in [2.05, 4.69) is 26.2 Å². The number of ether oxygens (including phenoxy) is 2. The van der Waals surface area contributed by atoms with Gasteiger partial charge in [-0.2, -0.15) is 8.78 Å². The van der Waals surface area contributed by atoms with Gasteiger partial charge in [0.05, 0.1) is 22.6 Å². The number of carbonyl (C=O) groups excluding carboxylic acids is 1. The summed E-state index contributed by atoms with van der Waals surface area (Å²) in [6, 6.07) is 11.5. The van der Waals surface area contributed by atoms with Gasteiger partial charge in [0.1, 0.15) is 11.9 Å². The number of allylic oxidation sites excluding steroid dienone is 1. The van der Waals surface area contributed by atoms with Crippen molar-refractivity contribution >= 4 is 38.9 Å². The first kappa shape index (κ1) is 22.8. The molecule has 5 rings (SSSR count). The molecule has 178 valence electrons. The number of hydrogen-bond donors (Lipinski definition) is 1. The van der Waals surface area contributed by atoms with E-state index >= 15 is 0 Å². The maximum absolute atomic E-state index is 13.6. The van der Waals surface area contributed by atoms with Crippen molar-refractivity contribution in [2.24, 2.45) is 0 Å². The third-order valence-corrected chi connectivity index (χ3v) is 6.85. The molecule has 0 saturated heterocycles. The third kappa shape index (κ3) is 4.29.